The third kappa shape index (κ3) is 17.0. The molecule has 87 heavy (non-hydrogen) atoms. The Kier molecular flexibility index (Phi) is 22.3. The number of nitrogens with one attached hydrogen (secondary N) is 6. The molecule has 4 fully saturated rings. The first-order valence-electron chi connectivity index (χ1n) is 31.2. The number of para-hydroxylation sites is 1. The Balaban J connectivity index is 0.910. The first kappa shape index (κ1) is 66.4. The fourth-order valence-corrected chi connectivity index (χ4v) is 15.7. The Bertz CT molecular complexity index is 3070. The van der Waals surface area contributed by atoms with Gasteiger partial charge < -0.3 is 52.0 Å². The molecule has 4 aromatic rings. The van der Waals surface area contributed by atoms with Crippen LogP contribution in [0.4, 0.5) is 16.3 Å². The van der Waals surface area contributed by atoms with Gasteiger partial charge >= 0.3 is 6.09 Å². The third-order valence-corrected chi connectivity index (χ3v) is 20.4. The highest BCUT2D eigenvalue weighted by Crippen LogP contribution is 2.68. The van der Waals surface area contributed by atoms with Crippen LogP contribution >= 0.6 is 0 Å². The van der Waals surface area contributed by atoms with Gasteiger partial charge in [0.1, 0.15) is 17.5 Å². The molecule has 0 radical (unpaired) electrons. The van der Waals surface area contributed by atoms with E-state index in [1.54, 1.807) is 57.4 Å². The smallest absolute Gasteiger partial charge is 0.407 e. The van der Waals surface area contributed by atoms with E-state index in [0.717, 1.165) is 19.3 Å². The predicted octanol–water partition coefficient (Wildman–Crippen LogP) is 8.55. The van der Waals surface area contributed by atoms with Crippen molar-refractivity contribution < 1.29 is 57.0 Å². The molecule has 5 amide bonds. The van der Waals surface area contributed by atoms with Crippen molar-refractivity contribution in [3.63, 3.8) is 0 Å². The number of pyridine rings is 2. The molecule has 4 aliphatic rings. The van der Waals surface area contributed by atoms with Crippen LogP contribution in [-0.2, 0) is 34.0 Å². The molecule has 2 aromatic heterocycles. The summed E-state index contributed by atoms with van der Waals surface area (Å²) >= 11 is 0. The minimum absolute atomic E-state index is 0.00519. The number of carbonyl (C=O) groups excluding carboxylic acids is 5. The summed E-state index contributed by atoms with van der Waals surface area (Å²) in [5.41, 5.74) is 0.951. The number of anilines is 2. The van der Waals surface area contributed by atoms with Gasteiger partial charge in [-0.2, -0.15) is 8.42 Å². The van der Waals surface area contributed by atoms with Gasteiger partial charge in [-0.1, -0.05) is 81.4 Å². The van der Waals surface area contributed by atoms with E-state index in [1.165, 1.54) is 0 Å². The normalized spacial score (nSPS) is 26.8. The zero-order chi connectivity index (χ0) is 62.7. The van der Waals surface area contributed by atoms with Gasteiger partial charge in [-0.15, -0.1) is 0 Å². The maximum absolute atomic E-state index is 14.7. The molecule has 4 saturated carbocycles. The minimum atomic E-state index is -4.19. The number of aliphatic hydroxyl groups excluding tert-OH is 3. The van der Waals surface area contributed by atoms with E-state index in [1.807, 2.05) is 66.7 Å². The SMILES string of the molecule is CC(CCC(=O)NCCS(=O)(=O)O)C1CCC2C3C(C[C@H](O)[C@]12C)[C@@]1(C)CCC(NC(=O)CCC(=O)NC(CCCCNC(=O)OC(C)(C)C)C(=O)Nc2ccccc2C(Nc2ccccn2)C(c2ccccn2)C(O)c2ccccc2)CC1C[C@H]3O. The molecule has 4 aliphatic carbocycles. The Labute approximate surface area is 512 Å². The maximum atomic E-state index is 14.7. The zero-order valence-electron chi connectivity index (χ0n) is 51.2. The van der Waals surface area contributed by atoms with Gasteiger partial charge in [0.25, 0.3) is 10.1 Å². The molecule has 0 aliphatic heterocycles. The number of hydrogen-bond donors (Lipinski definition) is 10. The lowest BCUT2D eigenvalue weighted by Crippen LogP contribution is -2.63. The van der Waals surface area contributed by atoms with E-state index in [0.29, 0.717) is 73.3 Å². The average molecular weight is 1220 g/mol. The topological polar surface area (TPSA) is 308 Å². The summed E-state index contributed by atoms with van der Waals surface area (Å²) in [5, 5.41) is 54.7. The fraction of sp³-hybridized carbons (Fsp3) is 0.591. The van der Waals surface area contributed by atoms with Crippen LogP contribution in [0.5, 0.6) is 0 Å². The number of amides is 5. The maximum Gasteiger partial charge on any atom is 0.407 e. The number of fused-ring (bicyclic) bond motifs is 5. The van der Waals surface area contributed by atoms with E-state index in [9.17, 15) is 47.7 Å². The first-order valence-corrected chi connectivity index (χ1v) is 32.8. The number of carbonyl (C=O) groups is 5. The van der Waals surface area contributed by atoms with Crippen molar-refractivity contribution in [3.05, 3.63) is 120 Å². The second-order valence-corrected chi connectivity index (χ2v) is 28.0. The van der Waals surface area contributed by atoms with Crippen LogP contribution in [0.25, 0.3) is 0 Å². The van der Waals surface area contributed by atoms with E-state index in [2.05, 4.69) is 57.7 Å². The number of rotatable bonds is 26. The van der Waals surface area contributed by atoms with Crippen LogP contribution in [0.2, 0.25) is 0 Å². The lowest BCUT2D eigenvalue weighted by molar-refractivity contribution is -0.202. The van der Waals surface area contributed by atoms with Gasteiger partial charge in [0.2, 0.25) is 23.6 Å². The van der Waals surface area contributed by atoms with Crippen molar-refractivity contribution in [2.24, 2.45) is 46.3 Å². The first-order chi connectivity index (χ1) is 41.3. The quantitative estimate of drug-likeness (QED) is 0.0208. The van der Waals surface area contributed by atoms with E-state index < -0.39 is 81.1 Å². The number of alkyl carbamates (subject to hydrolysis) is 1. The minimum Gasteiger partial charge on any atom is -0.444 e. The molecular formula is C66H92N8O12S. The molecule has 2 heterocycles. The highest BCUT2D eigenvalue weighted by Gasteiger charge is 2.66. The summed E-state index contributed by atoms with van der Waals surface area (Å²) in [6.07, 6.45) is 7.02. The number of aromatic nitrogens is 2. The summed E-state index contributed by atoms with van der Waals surface area (Å²) in [7, 11) is -4.19. The Morgan fingerprint density at radius 1 is 0.759 bits per heavy atom. The van der Waals surface area contributed by atoms with Crippen LogP contribution in [0.3, 0.4) is 0 Å². The fourth-order valence-electron chi connectivity index (χ4n) is 15.3. The van der Waals surface area contributed by atoms with Crippen LogP contribution in [0.1, 0.15) is 166 Å². The van der Waals surface area contributed by atoms with Gasteiger partial charge in [-0.25, -0.2) is 9.78 Å². The number of aliphatic hydroxyl groups is 3. The Morgan fingerprint density at radius 2 is 1.46 bits per heavy atom. The van der Waals surface area contributed by atoms with Crippen molar-refractivity contribution in [1.29, 1.82) is 0 Å². The van der Waals surface area contributed by atoms with Crippen LogP contribution < -0.4 is 31.9 Å². The molecule has 21 heteroatoms. The molecule has 474 valence electrons. The molecule has 20 nitrogen and oxygen atoms in total. The largest absolute Gasteiger partial charge is 0.444 e. The molecule has 2 aromatic carbocycles. The average Bonchev–Trinajstić information content (AvgIpc) is 1.69. The number of ether oxygens (including phenoxy) is 1. The molecule has 0 saturated heterocycles. The van der Waals surface area contributed by atoms with Crippen LogP contribution in [0.15, 0.2) is 103 Å². The van der Waals surface area contributed by atoms with Crippen molar-refractivity contribution in [3.8, 4) is 0 Å². The number of nitrogens with zero attached hydrogens (tertiary/aromatic N) is 2. The van der Waals surface area contributed by atoms with Gasteiger partial charge in [-0.05, 0) is 179 Å². The molecule has 15 atom stereocenters. The van der Waals surface area contributed by atoms with Gasteiger partial charge in [-0.3, -0.25) is 28.7 Å². The lowest BCUT2D eigenvalue weighted by Gasteiger charge is -2.63. The summed E-state index contributed by atoms with van der Waals surface area (Å²) in [6.45, 7) is 12.0. The van der Waals surface area contributed by atoms with Gasteiger partial charge in [0.05, 0.1) is 36.0 Å². The van der Waals surface area contributed by atoms with Gasteiger partial charge in [0.15, 0.2) is 0 Å². The summed E-state index contributed by atoms with van der Waals surface area (Å²) in [5.74, 6) is -1.88. The Morgan fingerprint density at radius 3 is 2.16 bits per heavy atom. The van der Waals surface area contributed by atoms with E-state index >= 15 is 0 Å². The molecule has 10 N–H and O–H groups in total. The monoisotopic (exact) mass is 1220 g/mol. The lowest BCUT2D eigenvalue weighted by atomic mass is 9.43. The molecule has 11 unspecified atom stereocenters. The highest BCUT2D eigenvalue weighted by molar-refractivity contribution is 7.85. The third-order valence-electron chi connectivity index (χ3n) is 19.6. The molecule has 0 spiro atoms. The highest BCUT2D eigenvalue weighted by atomic mass is 32.2. The van der Waals surface area contributed by atoms with E-state index in [4.69, 9.17) is 14.3 Å². The van der Waals surface area contributed by atoms with Crippen molar-refractivity contribution in [2.75, 3.05) is 29.5 Å². The van der Waals surface area contributed by atoms with Crippen LogP contribution in [0, 0.1) is 46.3 Å². The van der Waals surface area contributed by atoms with Crippen LogP contribution in [-0.4, -0.2) is 117 Å². The number of benzene rings is 2. The summed E-state index contributed by atoms with van der Waals surface area (Å²) in [4.78, 5) is 76.8. The molecular weight excluding hydrogens is 1130 g/mol. The summed E-state index contributed by atoms with van der Waals surface area (Å²) < 4.78 is 36.7. The number of unbranched alkanes of at least 4 members (excludes halogenated alkanes) is 1. The van der Waals surface area contributed by atoms with E-state index in [-0.39, 0.29) is 97.6 Å². The molecule has 8 rings (SSSR count). The second kappa shape index (κ2) is 29.2. The predicted molar refractivity (Wildman–Crippen MR) is 331 cm³/mol. The standard InChI is InChI=1S/C66H92N8O12S/c1-41(25-28-55(77)69-36-37-87(83,84)85)46-26-27-47-58-48(40-53(76)66(46,47)6)65(5)32-31-44(38-43(65)39-52(58)75)71-56(78)29-30-57(79)72-51(23-13-16-35-70-63(82)86-64(2,3)4)62(81)73-49-21-11-10-20-45(49)60(74-54-24-14-17-34-68-54)59(50-22-12-15-33-67-50)61(80)42-18-8-7-9-19-42/h7-12,14-15,17-22,24,33-34,41,43-44,46-48,51-53,58-61,75-76,80H,13,16,23,25-32,35-40H2,1-6H3,(H,68,74)(H,69,77)(H,70,82)(H,71,78)(H,72,79)(H,73,81)(H,83,84,85)/t41?,43?,44?,46?,47?,48?,51?,52-,53+,58?,59?,60?,61?,65+,66-/m1/s1. The van der Waals surface area contributed by atoms with Gasteiger partial charge in [0, 0.05) is 62.2 Å². The zero-order valence-corrected chi connectivity index (χ0v) is 52.0. The molecule has 0 bridgehead atoms. The van der Waals surface area contributed by atoms with Crippen molar-refractivity contribution >= 4 is 51.3 Å². The van der Waals surface area contributed by atoms with Crippen molar-refractivity contribution in [2.45, 2.75) is 179 Å². The van der Waals surface area contributed by atoms with Crippen molar-refractivity contribution in [1.82, 2.24) is 31.2 Å². The second-order valence-electron chi connectivity index (χ2n) is 26.4. The number of hydrogen-bond acceptors (Lipinski definition) is 14. The summed E-state index contributed by atoms with van der Waals surface area (Å²) in [6, 6.07) is 25.5. The Hall–Kier alpha value is -6.52.